The van der Waals surface area contributed by atoms with Gasteiger partial charge in [0.1, 0.15) is 18.3 Å². The standard InChI is InChI=1S/C17H20N4O6/c1-7-3-9-10(4-8(7)2)21(5-11(23)14(25)12(24)6-22)15-13(18-9)16(26)20-17(27)19-15/h3-4,11-12,14,22-25H,5-6H2,1-2H3,(H,20,26,27)/t11-,12+,14-/m1/s1/i1+1,4+1. The van der Waals surface area contributed by atoms with E-state index in [1.165, 1.54) is 4.57 Å². The first-order chi connectivity index (χ1) is 12.7. The second kappa shape index (κ2) is 7.16. The fraction of sp³-hybridized carbons (Fsp3) is 0.412. The lowest BCUT2D eigenvalue weighted by atomic mass is 10.1. The van der Waals surface area contributed by atoms with Crippen molar-refractivity contribution in [1.29, 1.82) is 0 Å². The van der Waals surface area contributed by atoms with Crippen LogP contribution >= 0.6 is 0 Å². The SMILES string of the molecule is Cc1[13cH]c2c(cc1[13CH3])nc1c(=O)[nH]c(=O)nc-1n2C[C@@H](O)[C@@H](O)[C@@H](O)CO. The molecular weight excluding hydrogens is 358 g/mol. The zero-order valence-corrected chi connectivity index (χ0v) is 14.7. The fourth-order valence-electron chi connectivity index (χ4n) is 2.89. The second-order valence-electron chi connectivity index (χ2n) is 6.50. The minimum absolute atomic E-state index is 0.0516. The number of aliphatic hydroxyl groups is 4. The average Bonchev–Trinajstić information content (AvgIpc) is 2.62. The van der Waals surface area contributed by atoms with E-state index in [1.807, 2.05) is 13.8 Å². The molecule has 0 unspecified atom stereocenters. The van der Waals surface area contributed by atoms with Crippen LogP contribution in [0.4, 0.5) is 0 Å². The maximum Gasteiger partial charge on any atom is 0.349 e. The van der Waals surface area contributed by atoms with Crippen LogP contribution in [0, 0.1) is 13.8 Å². The van der Waals surface area contributed by atoms with Crippen LogP contribution in [0.3, 0.4) is 0 Å². The van der Waals surface area contributed by atoms with E-state index < -0.39 is 36.2 Å². The van der Waals surface area contributed by atoms with Crippen molar-refractivity contribution >= 4 is 11.0 Å². The Hall–Kier alpha value is -2.66. The molecule has 2 heterocycles. The van der Waals surface area contributed by atoms with Crippen molar-refractivity contribution in [2.75, 3.05) is 6.61 Å². The lowest BCUT2D eigenvalue weighted by Gasteiger charge is -2.25. The molecule has 5 N–H and O–H groups in total. The Bertz CT molecular complexity index is 1080. The second-order valence-corrected chi connectivity index (χ2v) is 6.50. The molecule has 10 heteroatoms. The Morgan fingerprint density at radius 1 is 1.07 bits per heavy atom. The van der Waals surface area contributed by atoms with Crippen molar-refractivity contribution in [2.24, 2.45) is 0 Å². The molecule has 0 aliphatic carbocycles. The molecule has 0 amide bonds. The summed E-state index contributed by atoms with van der Waals surface area (Å²) in [6.07, 6.45) is -4.68. The molecule has 2 aliphatic rings. The van der Waals surface area contributed by atoms with Gasteiger partial charge in [-0.2, -0.15) is 4.98 Å². The van der Waals surface area contributed by atoms with E-state index in [1.54, 1.807) is 12.1 Å². The van der Waals surface area contributed by atoms with E-state index in [2.05, 4.69) is 15.0 Å². The Morgan fingerprint density at radius 2 is 1.74 bits per heavy atom. The van der Waals surface area contributed by atoms with E-state index >= 15 is 0 Å². The fourth-order valence-corrected chi connectivity index (χ4v) is 2.89. The summed E-state index contributed by atoms with van der Waals surface area (Å²) in [5.41, 5.74) is 1.11. The van der Waals surface area contributed by atoms with Gasteiger partial charge < -0.3 is 25.0 Å². The van der Waals surface area contributed by atoms with Crippen LogP contribution in [0.1, 0.15) is 11.1 Å². The number of aliphatic hydroxyl groups excluding tert-OH is 4. The van der Waals surface area contributed by atoms with Crippen molar-refractivity contribution in [3.63, 3.8) is 0 Å². The Kier molecular flexibility index (Phi) is 5.07. The van der Waals surface area contributed by atoms with Crippen LogP contribution in [0.5, 0.6) is 0 Å². The van der Waals surface area contributed by atoms with Gasteiger partial charge in [-0.25, -0.2) is 9.78 Å². The third kappa shape index (κ3) is 3.47. The van der Waals surface area contributed by atoms with E-state index in [4.69, 9.17) is 5.11 Å². The van der Waals surface area contributed by atoms with Crippen molar-refractivity contribution in [3.8, 4) is 11.5 Å². The van der Waals surface area contributed by atoms with Gasteiger partial charge in [0.25, 0.3) is 5.56 Å². The number of rotatable bonds is 5. The first kappa shape index (κ1) is 19.1. The summed E-state index contributed by atoms with van der Waals surface area (Å²) in [5, 5.41) is 38.8. The topological polar surface area (TPSA) is 162 Å². The quantitative estimate of drug-likeness (QED) is 0.259. The molecule has 27 heavy (non-hydrogen) atoms. The van der Waals surface area contributed by atoms with Gasteiger partial charge in [0.2, 0.25) is 0 Å². The smallest absolute Gasteiger partial charge is 0.349 e. The number of hydrogen-bond donors (Lipinski definition) is 5. The molecule has 0 radical (unpaired) electrons. The highest BCUT2D eigenvalue weighted by atomic mass is 16.4. The number of nitrogens with one attached hydrogen (secondary N) is 1. The molecule has 3 atom stereocenters. The minimum Gasteiger partial charge on any atom is -0.394 e. The predicted molar refractivity (Wildman–Crippen MR) is 95.6 cm³/mol. The number of benzene rings is 1. The molecule has 0 bridgehead atoms. The first-order valence-corrected chi connectivity index (χ1v) is 8.29. The lowest BCUT2D eigenvalue weighted by molar-refractivity contribution is -0.0802. The number of fused-ring (bicyclic) bond motifs is 2. The number of aryl methyl sites for hydroxylation is 2. The molecule has 1 aromatic rings. The number of H-pyrrole nitrogens is 1. The van der Waals surface area contributed by atoms with Crippen molar-refractivity contribution in [2.45, 2.75) is 38.7 Å². The molecule has 2 aliphatic heterocycles. The van der Waals surface area contributed by atoms with Crippen molar-refractivity contribution in [3.05, 3.63) is 44.1 Å². The summed E-state index contributed by atoms with van der Waals surface area (Å²) in [5.74, 6) is -0.0516. The Balaban J connectivity index is 2.28. The van der Waals surface area contributed by atoms with Gasteiger partial charge in [0.05, 0.1) is 24.2 Å². The zero-order chi connectivity index (χ0) is 19.9. The summed E-state index contributed by atoms with van der Waals surface area (Å²) in [6, 6.07) is 3.53. The van der Waals surface area contributed by atoms with Crippen LogP contribution in [0.25, 0.3) is 22.6 Å². The van der Waals surface area contributed by atoms with Gasteiger partial charge in [-0.15, -0.1) is 0 Å². The van der Waals surface area contributed by atoms with Crippen LogP contribution in [0.2, 0.25) is 0 Å². The summed E-state index contributed by atoms with van der Waals surface area (Å²) in [6.45, 7) is 2.73. The monoisotopic (exact) mass is 378 g/mol. The molecule has 0 aromatic heterocycles. The molecule has 0 saturated carbocycles. The van der Waals surface area contributed by atoms with E-state index in [0.717, 1.165) is 11.1 Å². The van der Waals surface area contributed by atoms with Gasteiger partial charge in [-0.1, -0.05) is 0 Å². The molecule has 0 saturated heterocycles. The lowest BCUT2D eigenvalue weighted by Crippen LogP contribution is -2.42. The van der Waals surface area contributed by atoms with Crippen LogP contribution in [-0.2, 0) is 6.54 Å². The van der Waals surface area contributed by atoms with Gasteiger partial charge in [0, 0.05) is 0 Å². The summed E-state index contributed by atoms with van der Waals surface area (Å²) >= 11 is 0. The first-order valence-electron chi connectivity index (χ1n) is 8.29. The molecule has 10 nitrogen and oxygen atoms in total. The number of aromatic amines is 1. The zero-order valence-electron chi connectivity index (χ0n) is 14.7. The summed E-state index contributed by atoms with van der Waals surface area (Å²) in [4.78, 5) is 34.0. The number of hydrogen-bond acceptors (Lipinski definition) is 8. The molecule has 1 aromatic carbocycles. The third-order valence-electron chi connectivity index (χ3n) is 4.57. The van der Waals surface area contributed by atoms with Crippen molar-refractivity contribution in [1.82, 2.24) is 19.5 Å². The highest BCUT2D eigenvalue weighted by molar-refractivity contribution is 5.81. The maximum absolute atomic E-state index is 12.2. The normalized spacial score (nSPS) is 15.2. The summed E-state index contributed by atoms with van der Waals surface area (Å²) in [7, 11) is 0. The van der Waals surface area contributed by atoms with Gasteiger partial charge >= 0.3 is 5.69 Å². The Morgan fingerprint density at radius 3 is 2.41 bits per heavy atom. The largest absolute Gasteiger partial charge is 0.394 e. The molecule has 3 rings (SSSR count). The highest BCUT2D eigenvalue weighted by Crippen LogP contribution is 2.24. The number of aromatic nitrogens is 4. The predicted octanol–water partition coefficient (Wildman–Crippen LogP) is -1.72. The van der Waals surface area contributed by atoms with Gasteiger partial charge in [-0.3, -0.25) is 9.78 Å². The molecular formula is C17H20N4O6. The third-order valence-corrected chi connectivity index (χ3v) is 4.57. The van der Waals surface area contributed by atoms with Crippen molar-refractivity contribution < 1.29 is 20.4 Å². The highest BCUT2D eigenvalue weighted by Gasteiger charge is 2.27. The van der Waals surface area contributed by atoms with E-state index in [-0.39, 0.29) is 18.1 Å². The van der Waals surface area contributed by atoms with E-state index in [0.29, 0.717) is 11.0 Å². The van der Waals surface area contributed by atoms with Gasteiger partial charge in [-0.05, 0) is 37.1 Å². The average molecular weight is 378 g/mol. The van der Waals surface area contributed by atoms with Gasteiger partial charge in [0.15, 0.2) is 11.5 Å². The molecule has 144 valence electrons. The number of nitrogens with zero attached hydrogens (tertiary/aromatic N) is 3. The Labute approximate surface area is 152 Å². The summed E-state index contributed by atoms with van der Waals surface area (Å²) < 4.78 is 1.40. The molecule has 0 spiro atoms. The van der Waals surface area contributed by atoms with E-state index in [9.17, 15) is 24.9 Å². The minimum atomic E-state index is -1.64. The van der Waals surface area contributed by atoms with Crippen LogP contribution < -0.4 is 11.2 Å². The maximum atomic E-state index is 12.2. The molecule has 0 fully saturated rings. The van der Waals surface area contributed by atoms with Crippen LogP contribution in [0.15, 0.2) is 21.7 Å². The van der Waals surface area contributed by atoms with Crippen LogP contribution in [-0.4, -0.2) is 64.9 Å².